The Hall–Kier alpha value is -2.86. The second-order valence-electron chi connectivity index (χ2n) is 6.62. The summed E-state index contributed by atoms with van der Waals surface area (Å²) >= 11 is 2.36. The lowest BCUT2D eigenvalue weighted by Gasteiger charge is -2.10. The van der Waals surface area contributed by atoms with E-state index in [9.17, 15) is 27.2 Å². The molecule has 0 spiro atoms. The van der Waals surface area contributed by atoms with Gasteiger partial charge in [0, 0.05) is 17.5 Å². The molecule has 0 saturated heterocycles. The average Bonchev–Trinajstić information content (AvgIpc) is 3.07. The molecule has 0 aliphatic rings. The summed E-state index contributed by atoms with van der Waals surface area (Å²) in [6, 6.07) is 2.47. The van der Waals surface area contributed by atoms with E-state index in [-0.39, 0.29) is 35.4 Å². The third-order valence-corrected chi connectivity index (χ3v) is 6.43. The molecule has 1 aromatic heterocycles. The van der Waals surface area contributed by atoms with Gasteiger partial charge in [-0.1, -0.05) is 13.0 Å². The summed E-state index contributed by atoms with van der Waals surface area (Å²) in [7, 11) is 1.48. The number of nitrogens with two attached hydrogens (primary N) is 1. The maximum Gasteiger partial charge on any atom is 0.419 e. The highest BCUT2D eigenvalue weighted by Gasteiger charge is 2.34. The van der Waals surface area contributed by atoms with Gasteiger partial charge in [0.2, 0.25) is 5.91 Å². The zero-order valence-electron chi connectivity index (χ0n) is 17.8. The van der Waals surface area contributed by atoms with Gasteiger partial charge in [-0.25, -0.2) is 4.39 Å². The number of aliphatic imine (C=N–C) groups is 1. The van der Waals surface area contributed by atoms with Crippen molar-refractivity contribution in [3.63, 3.8) is 0 Å². The first kappa shape index (κ1) is 26.4. The van der Waals surface area contributed by atoms with Crippen molar-refractivity contribution in [3.05, 3.63) is 56.6 Å². The first-order valence-electron chi connectivity index (χ1n) is 9.57. The summed E-state index contributed by atoms with van der Waals surface area (Å²) < 4.78 is 52.0. The van der Waals surface area contributed by atoms with Crippen molar-refractivity contribution in [2.24, 2.45) is 4.99 Å². The molecule has 1 heterocycles. The van der Waals surface area contributed by atoms with Gasteiger partial charge in [0.25, 0.3) is 5.91 Å². The molecule has 0 aliphatic carbocycles. The number of thiophene rings is 1. The Morgan fingerprint density at radius 2 is 2.03 bits per heavy atom. The van der Waals surface area contributed by atoms with Crippen LogP contribution < -0.4 is 16.4 Å². The van der Waals surface area contributed by atoms with Crippen LogP contribution in [0.25, 0.3) is 5.70 Å². The van der Waals surface area contributed by atoms with Crippen molar-refractivity contribution in [2.45, 2.75) is 25.9 Å². The van der Waals surface area contributed by atoms with E-state index in [1.54, 1.807) is 0 Å². The molecule has 1 aromatic carbocycles. The summed E-state index contributed by atoms with van der Waals surface area (Å²) in [5.41, 5.74) is 5.72. The lowest BCUT2D eigenvalue weighted by atomic mass is 10.0. The molecule has 0 aliphatic heterocycles. The van der Waals surface area contributed by atoms with Crippen LogP contribution in [0.5, 0.6) is 0 Å². The van der Waals surface area contributed by atoms with Crippen molar-refractivity contribution in [1.29, 1.82) is 0 Å². The first-order chi connectivity index (χ1) is 15.5. The van der Waals surface area contributed by atoms with E-state index in [1.807, 2.05) is 6.92 Å². The summed E-state index contributed by atoms with van der Waals surface area (Å²) in [6.45, 7) is 5.25. The normalized spacial score (nSPS) is 11.9. The van der Waals surface area contributed by atoms with E-state index >= 15 is 0 Å². The quantitative estimate of drug-likeness (QED) is 0.204. The molecule has 2 amide bonds. The zero-order valence-corrected chi connectivity index (χ0v) is 19.4. The number of amides is 2. The van der Waals surface area contributed by atoms with Gasteiger partial charge in [0.05, 0.1) is 34.1 Å². The first-order valence-corrected chi connectivity index (χ1v) is 11.4. The Morgan fingerprint density at radius 3 is 2.58 bits per heavy atom. The van der Waals surface area contributed by atoms with Gasteiger partial charge in [0.1, 0.15) is 5.82 Å². The van der Waals surface area contributed by atoms with Gasteiger partial charge in [-0.05, 0) is 36.2 Å². The summed E-state index contributed by atoms with van der Waals surface area (Å²) in [5, 5.41) is 6.98. The number of alkyl halides is 3. The molecule has 4 N–H and O–H groups in total. The molecule has 0 unspecified atom stereocenters. The van der Waals surface area contributed by atoms with E-state index < -0.39 is 17.6 Å². The summed E-state index contributed by atoms with van der Waals surface area (Å²) in [4.78, 5) is 29.1. The van der Waals surface area contributed by atoms with E-state index in [0.29, 0.717) is 28.6 Å². The second kappa shape index (κ2) is 11.3. The smallest absolute Gasteiger partial charge is 0.390 e. The predicted molar refractivity (Wildman–Crippen MR) is 125 cm³/mol. The maximum absolute atomic E-state index is 13.8. The van der Waals surface area contributed by atoms with E-state index in [4.69, 9.17) is 5.73 Å². The SMILES string of the molecule is C=N/C(=C\SCNC(=O)Cc1c(CC)sc(N)c1C(=O)NC)c1ccc(C(F)(F)F)c(F)c1. The van der Waals surface area contributed by atoms with Crippen molar-refractivity contribution in [2.75, 3.05) is 18.7 Å². The van der Waals surface area contributed by atoms with Gasteiger partial charge in [-0.3, -0.25) is 14.6 Å². The zero-order chi connectivity index (χ0) is 24.8. The molecule has 33 heavy (non-hydrogen) atoms. The molecular weight excluding hydrogens is 480 g/mol. The topological polar surface area (TPSA) is 96.6 Å². The number of anilines is 1. The van der Waals surface area contributed by atoms with Crippen LogP contribution in [-0.4, -0.2) is 31.5 Å². The molecule has 0 radical (unpaired) electrons. The van der Waals surface area contributed by atoms with Gasteiger partial charge >= 0.3 is 6.18 Å². The van der Waals surface area contributed by atoms with E-state index in [2.05, 4.69) is 22.3 Å². The number of aryl methyl sites for hydroxylation is 1. The number of rotatable bonds is 9. The Kier molecular flexibility index (Phi) is 9.06. The number of carbonyl (C=O) groups is 2. The van der Waals surface area contributed by atoms with E-state index in [0.717, 1.165) is 28.8 Å². The number of nitrogens with one attached hydrogen (secondary N) is 2. The van der Waals surface area contributed by atoms with Gasteiger partial charge < -0.3 is 16.4 Å². The monoisotopic (exact) mass is 502 g/mol. The average molecular weight is 503 g/mol. The van der Waals surface area contributed by atoms with Crippen LogP contribution in [0.15, 0.2) is 28.6 Å². The van der Waals surface area contributed by atoms with Crippen molar-refractivity contribution in [3.8, 4) is 0 Å². The number of carbonyl (C=O) groups excluding carboxylic acids is 2. The highest BCUT2D eigenvalue weighted by Crippen LogP contribution is 2.33. The highest BCUT2D eigenvalue weighted by molar-refractivity contribution is 8.02. The Morgan fingerprint density at radius 1 is 1.33 bits per heavy atom. The van der Waals surface area contributed by atoms with Crippen LogP contribution in [0, 0.1) is 5.82 Å². The minimum Gasteiger partial charge on any atom is -0.390 e. The van der Waals surface area contributed by atoms with Crippen LogP contribution in [0.1, 0.15) is 38.8 Å². The molecular formula is C21H22F4N4O2S2. The van der Waals surface area contributed by atoms with Crippen molar-refractivity contribution < 1.29 is 27.2 Å². The molecule has 0 saturated carbocycles. The lowest BCUT2D eigenvalue weighted by molar-refractivity contribution is -0.140. The third-order valence-electron chi connectivity index (χ3n) is 4.52. The number of benzene rings is 1. The van der Waals surface area contributed by atoms with Gasteiger partial charge in [-0.2, -0.15) is 13.2 Å². The minimum atomic E-state index is -4.80. The standard InChI is InChI=1S/C21H22F4N4O2S2/c1-4-16-12(18(19(26)33-16)20(31)28-3)8-17(30)29-10-32-9-15(27-2)11-5-6-13(14(22)7-11)21(23,24)25/h5-7,9H,2,4,8,10,26H2,1,3H3,(H,28,31)(H,29,30)/b15-9-. The third kappa shape index (κ3) is 6.57. The lowest BCUT2D eigenvalue weighted by Crippen LogP contribution is -2.26. The molecule has 2 aromatic rings. The Bertz CT molecular complexity index is 1080. The molecule has 0 bridgehead atoms. The molecule has 2 rings (SSSR count). The molecule has 0 fully saturated rings. The van der Waals surface area contributed by atoms with Crippen LogP contribution in [0.2, 0.25) is 0 Å². The fourth-order valence-corrected chi connectivity index (χ4v) is 4.67. The molecule has 0 atom stereocenters. The largest absolute Gasteiger partial charge is 0.419 e. The maximum atomic E-state index is 13.8. The Balaban J connectivity index is 2.04. The fraction of sp³-hybridized carbons (Fsp3) is 0.286. The number of thioether (sulfide) groups is 1. The number of nitrogens with zero attached hydrogens (tertiary/aromatic N) is 1. The predicted octanol–water partition coefficient (Wildman–Crippen LogP) is 4.46. The summed E-state index contributed by atoms with van der Waals surface area (Å²) in [5.74, 6) is -2.02. The van der Waals surface area contributed by atoms with Gasteiger partial charge in [0.15, 0.2) is 0 Å². The van der Waals surface area contributed by atoms with Crippen molar-refractivity contribution in [1.82, 2.24) is 10.6 Å². The Labute approximate surface area is 196 Å². The molecule has 178 valence electrons. The van der Waals surface area contributed by atoms with Crippen LogP contribution in [0.3, 0.4) is 0 Å². The number of hydrogen-bond donors (Lipinski definition) is 3. The number of nitrogen functional groups attached to an aromatic ring is 1. The van der Waals surface area contributed by atoms with E-state index in [1.165, 1.54) is 23.8 Å². The minimum absolute atomic E-state index is 0.0411. The van der Waals surface area contributed by atoms with Crippen molar-refractivity contribution >= 4 is 52.3 Å². The fourth-order valence-electron chi connectivity index (χ4n) is 2.95. The van der Waals surface area contributed by atoms with Crippen LogP contribution >= 0.6 is 23.1 Å². The second-order valence-corrected chi connectivity index (χ2v) is 8.61. The van der Waals surface area contributed by atoms with Crippen LogP contribution in [-0.2, 0) is 23.8 Å². The van der Waals surface area contributed by atoms with Gasteiger partial charge in [-0.15, -0.1) is 23.1 Å². The van der Waals surface area contributed by atoms with Crippen LogP contribution in [0.4, 0.5) is 22.6 Å². The molecule has 12 heteroatoms. The highest BCUT2D eigenvalue weighted by atomic mass is 32.2. The number of hydrogen-bond acceptors (Lipinski definition) is 6. The summed E-state index contributed by atoms with van der Waals surface area (Å²) in [6.07, 6.45) is -4.22. The number of halogens is 4. The molecule has 6 nitrogen and oxygen atoms in total.